The smallest absolute Gasteiger partial charge is 0.262 e. The number of sulfone groups is 1. The Morgan fingerprint density at radius 1 is 1.19 bits per heavy atom. The molecule has 1 aliphatic carbocycles. The molecule has 1 aromatic carbocycles. The lowest BCUT2D eigenvalue weighted by atomic mass is 9.95. The maximum atomic E-state index is 13.1. The van der Waals surface area contributed by atoms with Crippen LogP contribution in [0.25, 0.3) is 0 Å². The molecular weight excluding hydrogens is 436 g/mol. The number of aryl methyl sites for hydroxylation is 2. The quantitative estimate of drug-likeness (QED) is 0.687. The van der Waals surface area contributed by atoms with Crippen molar-refractivity contribution in [3.63, 3.8) is 0 Å². The summed E-state index contributed by atoms with van der Waals surface area (Å²) in [5.74, 6) is 0.0656. The molecule has 1 aromatic heterocycles. The highest BCUT2D eigenvalue weighted by Gasteiger charge is 2.32. The Hall–Kier alpha value is -2.39. The van der Waals surface area contributed by atoms with Crippen molar-refractivity contribution in [2.75, 3.05) is 23.4 Å². The van der Waals surface area contributed by atoms with Crippen LogP contribution in [0.3, 0.4) is 0 Å². The van der Waals surface area contributed by atoms with Crippen LogP contribution in [0.2, 0.25) is 0 Å². The number of anilines is 1. The molecular formula is C22H26N2O5S2. The van der Waals surface area contributed by atoms with E-state index < -0.39 is 9.84 Å². The van der Waals surface area contributed by atoms with Crippen LogP contribution in [-0.2, 0) is 27.5 Å². The lowest BCUT2D eigenvalue weighted by Gasteiger charge is -2.15. The number of hydrogen-bond acceptors (Lipinski definition) is 6. The number of nitrogens with one attached hydrogen (secondary N) is 2. The molecule has 1 unspecified atom stereocenters. The second-order valence-electron chi connectivity index (χ2n) is 8.09. The third kappa shape index (κ3) is 5.10. The van der Waals surface area contributed by atoms with Gasteiger partial charge in [0.05, 0.1) is 17.1 Å². The zero-order valence-electron chi connectivity index (χ0n) is 17.4. The molecule has 7 nitrogen and oxygen atoms in total. The van der Waals surface area contributed by atoms with Crippen molar-refractivity contribution in [3.8, 4) is 5.75 Å². The van der Waals surface area contributed by atoms with E-state index in [0.29, 0.717) is 22.7 Å². The molecule has 4 rings (SSSR count). The second-order valence-corrected chi connectivity index (χ2v) is 11.4. The van der Waals surface area contributed by atoms with E-state index in [9.17, 15) is 18.0 Å². The molecule has 166 valence electrons. The highest BCUT2D eigenvalue weighted by molar-refractivity contribution is 7.91. The Morgan fingerprint density at radius 3 is 2.71 bits per heavy atom. The van der Waals surface area contributed by atoms with Gasteiger partial charge >= 0.3 is 0 Å². The number of thiophene rings is 1. The van der Waals surface area contributed by atoms with Crippen LogP contribution >= 0.6 is 11.3 Å². The van der Waals surface area contributed by atoms with E-state index in [1.165, 1.54) is 11.3 Å². The summed E-state index contributed by atoms with van der Waals surface area (Å²) in [5, 5.41) is 6.24. The van der Waals surface area contributed by atoms with Gasteiger partial charge in [0.25, 0.3) is 11.8 Å². The van der Waals surface area contributed by atoms with E-state index in [-0.39, 0.29) is 36.0 Å². The van der Waals surface area contributed by atoms with Crippen molar-refractivity contribution in [3.05, 3.63) is 45.8 Å². The van der Waals surface area contributed by atoms with E-state index in [1.807, 2.05) is 25.1 Å². The summed E-state index contributed by atoms with van der Waals surface area (Å²) in [6.07, 6.45) is 4.14. The largest absolute Gasteiger partial charge is 0.483 e. The normalized spacial score (nSPS) is 19.5. The Bertz CT molecular complexity index is 1110. The van der Waals surface area contributed by atoms with Crippen LogP contribution in [0.5, 0.6) is 5.75 Å². The van der Waals surface area contributed by atoms with Gasteiger partial charge in [-0.2, -0.15) is 0 Å². The number of carbonyl (C=O) groups is 2. The van der Waals surface area contributed by atoms with Gasteiger partial charge in [0, 0.05) is 10.9 Å². The fraction of sp³-hybridized carbons (Fsp3) is 0.455. The Morgan fingerprint density at radius 2 is 1.97 bits per heavy atom. The molecule has 0 bridgehead atoms. The topological polar surface area (TPSA) is 102 Å². The molecule has 0 spiro atoms. The molecule has 1 saturated heterocycles. The zero-order valence-corrected chi connectivity index (χ0v) is 19.0. The lowest BCUT2D eigenvalue weighted by Crippen LogP contribution is -2.36. The first-order valence-electron chi connectivity index (χ1n) is 10.5. The summed E-state index contributed by atoms with van der Waals surface area (Å²) in [5.41, 5.74) is 2.39. The molecule has 2 N–H and O–H groups in total. The first-order chi connectivity index (χ1) is 14.8. The van der Waals surface area contributed by atoms with Gasteiger partial charge in [-0.1, -0.05) is 18.2 Å². The molecule has 1 aliphatic heterocycles. The minimum Gasteiger partial charge on any atom is -0.483 e. The summed E-state index contributed by atoms with van der Waals surface area (Å²) in [6, 6.07) is 7.08. The number of fused-ring (bicyclic) bond motifs is 1. The third-order valence-electron chi connectivity index (χ3n) is 5.67. The summed E-state index contributed by atoms with van der Waals surface area (Å²) >= 11 is 1.43. The van der Waals surface area contributed by atoms with Crippen LogP contribution in [0, 0.1) is 6.92 Å². The van der Waals surface area contributed by atoms with Gasteiger partial charge in [-0.3, -0.25) is 9.59 Å². The minimum absolute atomic E-state index is 0.0307. The highest BCUT2D eigenvalue weighted by Crippen LogP contribution is 2.38. The van der Waals surface area contributed by atoms with Crippen LogP contribution in [0.4, 0.5) is 5.00 Å². The van der Waals surface area contributed by atoms with E-state index in [1.54, 1.807) is 6.07 Å². The van der Waals surface area contributed by atoms with Crippen LogP contribution in [0.1, 0.15) is 45.6 Å². The molecule has 2 aromatic rings. The Balaban J connectivity index is 1.49. The first-order valence-corrected chi connectivity index (χ1v) is 13.1. The second kappa shape index (κ2) is 9.00. The standard InChI is InChI=1S/C22H26N2O5S2/c1-14-6-2-4-8-17(14)29-12-19(25)24-22-20(16-7-3-5-9-18(16)30-22)21(26)23-15-10-11-31(27,28)13-15/h2,4,6,8,15H,3,5,7,9-13H2,1H3,(H,23,26)(H,24,25). The number of benzene rings is 1. The number of hydrogen-bond donors (Lipinski definition) is 2. The molecule has 1 fully saturated rings. The van der Waals surface area contributed by atoms with Gasteiger partial charge in [0.15, 0.2) is 16.4 Å². The van der Waals surface area contributed by atoms with E-state index >= 15 is 0 Å². The molecule has 9 heteroatoms. The molecule has 0 radical (unpaired) electrons. The van der Waals surface area contributed by atoms with Crippen LogP contribution in [-0.4, -0.2) is 44.4 Å². The molecule has 2 aliphatic rings. The van der Waals surface area contributed by atoms with Crippen molar-refractivity contribution in [1.82, 2.24) is 5.32 Å². The molecule has 31 heavy (non-hydrogen) atoms. The van der Waals surface area contributed by atoms with Crippen molar-refractivity contribution in [2.45, 2.75) is 45.1 Å². The Kier molecular flexibility index (Phi) is 6.34. The fourth-order valence-electron chi connectivity index (χ4n) is 4.08. The molecule has 1 atom stereocenters. The van der Waals surface area contributed by atoms with Gasteiger partial charge < -0.3 is 15.4 Å². The lowest BCUT2D eigenvalue weighted by molar-refractivity contribution is -0.118. The summed E-state index contributed by atoms with van der Waals surface area (Å²) in [4.78, 5) is 26.8. The maximum Gasteiger partial charge on any atom is 0.262 e. The van der Waals surface area contributed by atoms with Gasteiger partial charge in [0.1, 0.15) is 10.8 Å². The monoisotopic (exact) mass is 462 g/mol. The van der Waals surface area contributed by atoms with Gasteiger partial charge in [-0.05, 0) is 56.2 Å². The average molecular weight is 463 g/mol. The number of ether oxygens (including phenoxy) is 1. The molecule has 2 amide bonds. The Labute approximate surface area is 186 Å². The molecule has 2 heterocycles. The number of rotatable bonds is 6. The summed E-state index contributed by atoms with van der Waals surface area (Å²) in [7, 11) is -3.09. The number of amides is 2. The van der Waals surface area contributed by atoms with E-state index in [2.05, 4.69) is 10.6 Å². The van der Waals surface area contributed by atoms with Crippen molar-refractivity contribution < 1.29 is 22.7 Å². The zero-order chi connectivity index (χ0) is 22.0. The highest BCUT2D eigenvalue weighted by atomic mass is 32.2. The van der Waals surface area contributed by atoms with E-state index in [0.717, 1.165) is 41.7 Å². The summed E-state index contributed by atoms with van der Waals surface area (Å²) < 4.78 is 29.1. The predicted octanol–water partition coefficient (Wildman–Crippen LogP) is 2.87. The van der Waals surface area contributed by atoms with Gasteiger partial charge in [-0.15, -0.1) is 11.3 Å². The van der Waals surface area contributed by atoms with Crippen molar-refractivity contribution in [1.29, 1.82) is 0 Å². The first kappa shape index (κ1) is 21.8. The predicted molar refractivity (Wildman–Crippen MR) is 121 cm³/mol. The van der Waals surface area contributed by atoms with Gasteiger partial charge in [0.2, 0.25) is 0 Å². The van der Waals surface area contributed by atoms with E-state index in [4.69, 9.17) is 4.74 Å². The van der Waals surface area contributed by atoms with Gasteiger partial charge in [-0.25, -0.2) is 8.42 Å². The number of para-hydroxylation sites is 1. The maximum absolute atomic E-state index is 13.1. The van der Waals surface area contributed by atoms with Crippen LogP contribution in [0.15, 0.2) is 24.3 Å². The van der Waals surface area contributed by atoms with Crippen molar-refractivity contribution in [2.24, 2.45) is 0 Å². The van der Waals surface area contributed by atoms with Crippen LogP contribution < -0.4 is 15.4 Å². The minimum atomic E-state index is -3.09. The molecule has 0 saturated carbocycles. The number of carbonyl (C=O) groups excluding carboxylic acids is 2. The van der Waals surface area contributed by atoms with Crippen molar-refractivity contribution >= 4 is 38.0 Å². The third-order valence-corrected chi connectivity index (χ3v) is 8.65. The fourth-order valence-corrected chi connectivity index (χ4v) is 7.06. The SMILES string of the molecule is Cc1ccccc1OCC(=O)Nc1sc2c(c1C(=O)NC1CCS(=O)(=O)C1)CCCC2. The summed E-state index contributed by atoms with van der Waals surface area (Å²) in [6.45, 7) is 1.75. The average Bonchev–Trinajstić information content (AvgIpc) is 3.26.